The number of hydrogen-bond donors (Lipinski definition) is 0. The summed E-state index contributed by atoms with van der Waals surface area (Å²) < 4.78 is 10.8. The van der Waals surface area contributed by atoms with Crippen LogP contribution >= 0.6 is 11.6 Å². The lowest BCUT2D eigenvalue weighted by Gasteiger charge is -2.39. The van der Waals surface area contributed by atoms with Crippen molar-refractivity contribution in [3.05, 3.63) is 23.5 Å². The predicted molar refractivity (Wildman–Crippen MR) is 62.7 cm³/mol. The first-order valence-corrected chi connectivity index (χ1v) is 5.88. The lowest BCUT2D eigenvalue weighted by atomic mass is 9.61. The van der Waals surface area contributed by atoms with Gasteiger partial charge in [-0.05, 0) is 11.5 Å². The number of rotatable bonds is 1. The Labute approximate surface area is 108 Å². The van der Waals surface area contributed by atoms with E-state index in [0.29, 0.717) is 5.46 Å². The molecule has 18 heavy (non-hydrogen) atoms. The van der Waals surface area contributed by atoms with E-state index in [2.05, 4.69) is 4.98 Å². The first kappa shape index (κ1) is 11.5. The van der Waals surface area contributed by atoms with E-state index in [1.165, 1.54) is 6.20 Å². The van der Waals surface area contributed by atoms with Gasteiger partial charge in [0.05, 0.1) is 0 Å². The van der Waals surface area contributed by atoms with Gasteiger partial charge in [-0.25, -0.2) is 4.98 Å². The number of pyridine rings is 1. The van der Waals surface area contributed by atoms with Crippen LogP contribution in [0.1, 0.15) is 0 Å². The maximum atomic E-state index is 11.6. The summed E-state index contributed by atoms with van der Waals surface area (Å²) in [6.45, 7) is -2.08. The summed E-state index contributed by atoms with van der Waals surface area (Å²) >= 11 is 6.03. The van der Waals surface area contributed by atoms with E-state index in [-0.39, 0.29) is 22.6 Å². The number of hydrogen-bond acceptors (Lipinski definition) is 5. The molecule has 0 spiro atoms. The molecule has 2 aliphatic rings. The van der Waals surface area contributed by atoms with Crippen molar-refractivity contribution in [3.63, 3.8) is 0 Å². The SMILES string of the molecule is C[N+]12CC(=O)O[B-]1(c1cccnc1Cl)OC(=O)C2. The van der Waals surface area contributed by atoms with Crippen LogP contribution in [0.15, 0.2) is 18.3 Å². The summed E-state index contributed by atoms with van der Waals surface area (Å²) in [5.74, 6) is -0.796. The minimum absolute atomic E-state index is 0.0725. The molecule has 0 radical (unpaired) electrons. The molecule has 6 nitrogen and oxygen atoms in total. The van der Waals surface area contributed by atoms with Crippen LogP contribution in [-0.2, 0) is 18.9 Å². The molecule has 0 saturated carbocycles. The highest BCUT2D eigenvalue weighted by Crippen LogP contribution is 2.34. The van der Waals surface area contributed by atoms with E-state index < -0.39 is 18.6 Å². The van der Waals surface area contributed by atoms with E-state index in [1.807, 2.05) is 0 Å². The molecule has 0 N–H and O–H groups in total. The zero-order valence-corrected chi connectivity index (χ0v) is 10.4. The fraction of sp³-hybridized carbons (Fsp3) is 0.300. The van der Waals surface area contributed by atoms with Gasteiger partial charge in [0.2, 0.25) is 0 Å². The van der Waals surface area contributed by atoms with Crippen LogP contribution in [0.2, 0.25) is 5.15 Å². The van der Waals surface area contributed by atoms with Gasteiger partial charge in [0.25, 0.3) is 0 Å². The third-order valence-electron chi connectivity index (χ3n) is 3.56. The second-order valence-corrected chi connectivity index (χ2v) is 5.19. The minimum Gasteiger partial charge on any atom is -0.596 e. The topological polar surface area (TPSA) is 65.5 Å². The van der Waals surface area contributed by atoms with Gasteiger partial charge in [0.1, 0.15) is 18.2 Å². The van der Waals surface area contributed by atoms with Crippen LogP contribution in [0.25, 0.3) is 0 Å². The first-order valence-electron chi connectivity index (χ1n) is 5.50. The van der Waals surface area contributed by atoms with Crippen molar-refractivity contribution in [2.75, 3.05) is 20.1 Å². The van der Waals surface area contributed by atoms with Gasteiger partial charge >= 0.3 is 18.6 Å². The minimum atomic E-state index is -2.27. The van der Waals surface area contributed by atoms with Crippen molar-refractivity contribution in [1.82, 2.24) is 4.98 Å². The first-order chi connectivity index (χ1) is 8.47. The van der Waals surface area contributed by atoms with Crippen LogP contribution in [0, 0.1) is 0 Å². The molecule has 1 aromatic heterocycles. The molecule has 1 aromatic rings. The number of halogens is 1. The predicted octanol–water partition coefficient (Wildman–Crippen LogP) is -0.559. The number of fused-ring (bicyclic) bond motifs is 1. The monoisotopic (exact) mass is 268 g/mol. The molecular weight excluding hydrogens is 258 g/mol. The van der Waals surface area contributed by atoms with E-state index >= 15 is 0 Å². The normalized spacial score (nSPS) is 34.1. The van der Waals surface area contributed by atoms with Gasteiger partial charge in [0.15, 0.2) is 0 Å². The summed E-state index contributed by atoms with van der Waals surface area (Å²) in [6.07, 6.45) is 1.52. The number of likely N-dealkylation sites (N-methyl/N-ethyl adjacent to an activating group) is 1. The summed E-state index contributed by atoms with van der Waals surface area (Å²) in [7, 11) is 1.75. The largest absolute Gasteiger partial charge is 0.617 e. The Bertz CT molecular complexity index is 545. The summed E-state index contributed by atoms with van der Waals surface area (Å²) in [5, 5.41) is 0.186. The molecule has 0 atom stereocenters. The molecule has 0 unspecified atom stereocenters. The Kier molecular flexibility index (Phi) is 2.21. The van der Waals surface area contributed by atoms with Crippen LogP contribution in [-0.4, -0.2) is 48.1 Å². The number of carbonyl (C=O) groups excluding carboxylic acids is 2. The third-order valence-corrected chi connectivity index (χ3v) is 3.88. The standard InChI is InChI=1S/C10H10BClN2O4/c1-14-5-8(15)17-11(14,18-9(16)6-14)7-3-2-4-13-10(7)12/h2-4H,5-6H2,1H3. The molecule has 3 heterocycles. The molecule has 2 fully saturated rings. The van der Waals surface area contributed by atoms with Crippen LogP contribution in [0.4, 0.5) is 0 Å². The average Bonchev–Trinajstić information content (AvgIpc) is 2.63. The quantitative estimate of drug-likeness (QED) is 0.505. The molecule has 2 saturated heterocycles. The van der Waals surface area contributed by atoms with Gasteiger partial charge in [-0.1, -0.05) is 17.7 Å². The zero-order valence-electron chi connectivity index (χ0n) is 9.63. The van der Waals surface area contributed by atoms with Crippen molar-refractivity contribution in [2.45, 2.75) is 0 Å². The van der Waals surface area contributed by atoms with Gasteiger partial charge in [0, 0.05) is 13.2 Å². The maximum absolute atomic E-state index is 11.6. The molecule has 0 aliphatic carbocycles. The highest BCUT2D eigenvalue weighted by molar-refractivity contribution is 6.80. The van der Waals surface area contributed by atoms with Crippen molar-refractivity contribution in [2.24, 2.45) is 0 Å². The summed E-state index contributed by atoms with van der Waals surface area (Å²) in [4.78, 5) is 27.1. The molecule has 0 aromatic carbocycles. The van der Waals surface area contributed by atoms with E-state index in [1.54, 1.807) is 19.2 Å². The smallest absolute Gasteiger partial charge is 0.596 e. The maximum Gasteiger partial charge on any atom is 0.617 e. The fourth-order valence-corrected chi connectivity index (χ4v) is 2.99. The number of aromatic nitrogens is 1. The zero-order chi connectivity index (χ0) is 13.0. The lowest BCUT2D eigenvalue weighted by molar-refractivity contribution is -0.791. The molecule has 94 valence electrons. The number of nitrogens with zero attached hydrogens (tertiary/aromatic N) is 2. The van der Waals surface area contributed by atoms with Crippen molar-refractivity contribution in [3.8, 4) is 0 Å². The molecule has 0 amide bonds. The molecule has 3 rings (SSSR count). The molecule has 2 aliphatic heterocycles. The van der Waals surface area contributed by atoms with E-state index in [0.717, 1.165) is 0 Å². The Morgan fingerprint density at radius 1 is 1.33 bits per heavy atom. The molecule has 8 heteroatoms. The van der Waals surface area contributed by atoms with Crippen LogP contribution in [0.5, 0.6) is 0 Å². The summed E-state index contributed by atoms with van der Waals surface area (Å²) in [5.41, 5.74) is 0.457. The molecule has 0 bridgehead atoms. The van der Waals surface area contributed by atoms with Crippen LogP contribution < -0.4 is 5.46 Å². The van der Waals surface area contributed by atoms with E-state index in [9.17, 15) is 9.59 Å². The van der Waals surface area contributed by atoms with Crippen molar-refractivity contribution >= 4 is 35.7 Å². The van der Waals surface area contributed by atoms with Crippen molar-refractivity contribution < 1.29 is 23.3 Å². The Hall–Kier alpha value is -1.60. The fourth-order valence-electron chi connectivity index (χ4n) is 2.73. The van der Waals surface area contributed by atoms with E-state index in [4.69, 9.17) is 20.9 Å². The number of carbonyl (C=O) groups is 2. The van der Waals surface area contributed by atoms with Gasteiger partial charge in [-0.3, -0.25) is 9.59 Å². The van der Waals surface area contributed by atoms with Gasteiger partial charge < -0.3 is 13.7 Å². The highest BCUT2D eigenvalue weighted by atomic mass is 35.5. The second-order valence-electron chi connectivity index (χ2n) is 4.83. The third kappa shape index (κ3) is 1.31. The Balaban J connectivity index is 2.20. The molecular formula is C10H10BClN2O4. The summed E-state index contributed by atoms with van der Waals surface area (Å²) in [6, 6.07) is 3.34. The average molecular weight is 268 g/mol. The second kappa shape index (κ2) is 3.46. The van der Waals surface area contributed by atoms with Crippen molar-refractivity contribution in [1.29, 1.82) is 0 Å². The van der Waals surface area contributed by atoms with Gasteiger partial charge in [-0.2, -0.15) is 0 Å². The lowest BCUT2D eigenvalue weighted by Crippen LogP contribution is -2.67. The Morgan fingerprint density at radius 3 is 2.50 bits per heavy atom. The Morgan fingerprint density at radius 2 is 1.94 bits per heavy atom. The van der Waals surface area contributed by atoms with Crippen LogP contribution in [0.3, 0.4) is 0 Å². The number of quaternary nitrogens is 1. The van der Waals surface area contributed by atoms with Gasteiger partial charge in [-0.15, -0.1) is 0 Å². The highest BCUT2D eigenvalue weighted by Gasteiger charge is 2.66.